The summed E-state index contributed by atoms with van der Waals surface area (Å²) in [4.78, 5) is 31.0. The Kier molecular flexibility index (Phi) is 9.30. The minimum absolute atomic E-state index is 0.0202. The van der Waals surface area contributed by atoms with Gasteiger partial charge in [0.1, 0.15) is 12.4 Å². The van der Waals surface area contributed by atoms with Crippen molar-refractivity contribution in [3.8, 4) is 22.9 Å². The second-order valence-corrected chi connectivity index (χ2v) is 14.5. The minimum atomic E-state index is -1.11. The molecule has 0 spiro atoms. The SMILES string of the molecule is COc1ccc(-c2ccc(Cn3c(CC(C)(C)C(=O)O)c(C(=O)CC(C)(C)C)c4cc(OCc5csc(C)n5)ccc43)cc2)nn1. The van der Waals surface area contributed by atoms with Crippen LogP contribution >= 0.6 is 11.3 Å². The lowest BCUT2D eigenvalue weighted by Crippen LogP contribution is -2.28. The third kappa shape index (κ3) is 7.45. The summed E-state index contributed by atoms with van der Waals surface area (Å²) in [6.07, 6.45) is 0.490. The van der Waals surface area contributed by atoms with Crippen molar-refractivity contribution in [3.05, 3.63) is 87.5 Å². The Hall–Kier alpha value is -4.57. The molecule has 0 radical (unpaired) electrons. The van der Waals surface area contributed by atoms with E-state index in [2.05, 4.69) is 19.7 Å². The predicted octanol–water partition coefficient (Wildman–Crippen LogP) is 7.77. The highest BCUT2D eigenvalue weighted by Crippen LogP contribution is 2.37. The van der Waals surface area contributed by atoms with Gasteiger partial charge in [0.05, 0.1) is 28.9 Å². The zero-order valence-electron chi connectivity index (χ0n) is 27.4. The van der Waals surface area contributed by atoms with Gasteiger partial charge in [-0.1, -0.05) is 45.0 Å². The summed E-state index contributed by atoms with van der Waals surface area (Å²) < 4.78 is 13.4. The number of rotatable bonds is 12. The average molecular weight is 641 g/mol. The van der Waals surface area contributed by atoms with Crippen molar-refractivity contribution in [3.63, 3.8) is 0 Å². The van der Waals surface area contributed by atoms with Crippen LogP contribution in [0.4, 0.5) is 0 Å². The van der Waals surface area contributed by atoms with Gasteiger partial charge < -0.3 is 19.1 Å². The van der Waals surface area contributed by atoms with Gasteiger partial charge >= 0.3 is 5.97 Å². The van der Waals surface area contributed by atoms with E-state index in [0.717, 1.165) is 38.4 Å². The molecule has 0 saturated carbocycles. The fraction of sp³-hybridized carbons (Fsp3) is 0.361. The lowest BCUT2D eigenvalue weighted by Gasteiger charge is -2.23. The second-order valence-electron chi connectivity index (χ2n) is 13.4. The Balaban J connectivity index is 1.60. The molecule has 0 fully saturated rings. The standard InChI is InChI=1S/C36H40N4O5S/c1-22-37-25(21-46-22)20-45-26-12-14-29-27(16-26)33(31(41)18-35(2,3)4)30(17-36(5,6)34(42)43)40(29)19-23-8-10-24(11-9-23)28-13-15-32(44-7)39-38-28/h8-16,21H,17-20H2,1-7H3,(H,42,43). The van der Waals surface area contributed by atoms with Crippen molar-refractivity contribution >= 4 is 34.0 Å². The van der Waals surface area contributed by atoms with Crippen LogP contribution in [0.3, 0.4) is 0 Å². The Morgan fingerprint density at radius 2 is 1.72 bits per heavy atom. The van der Waals surface area contributed by atoms with Crippen LogP contribution in [0.25, 0.3) is 22.2 Å². The molecule has 0 aliphatic heterocycles. The number of ether oxygens (including phenoxy) is 2. The number of benzene rings is 2. The molecule has 240 valence electrons. The first kappa shape index (κ1) is 32.8. The van der Waals surface area contributed by atoms with Gasteiger partial charge in [-0.25, -0.2) is 4.98 Å². The molecule has 46 heavy (non-hydrogen) atoms. The number of ketones is 1. The Morgan fingerprint density at radius 3 is 2.30 bits per heavy atom. The molecule has 1 N–H and O–H groups in total. The van der Waals surface area contributed by atoms with Crippen LogP contribution in [-0.4, -0.2) is 43.7 Å². The highest BCUT2D eigenvalue weighted by molar-refractivity contribution is 7.09. The van der Waals surface area contributed by atoms with Crippen molar-refractivity contribution in [2.75, 3.05) is 7.11 Å². The summed E-state index contributed by atoms with van der Waals surface area (Å²) >= 11 is 1.57. The molecule has 0 atom stereocenters. The molecule has 0 aliphatic rings. The van der Waals surface area contributed by atoms with E-state index in [0.29, 0.717) is 42.5 Å². The lowest BCUT2D eigenvalue weighted by atomic mass is 9.83. The second kappa shape index (κ2) is 13.0. The molecule has 3 aromatic heterocycles. The van der Waals surface area contributed by atoms with Crippen LogP contribution in [0.5, 0.6) is 11.6 Å². The Bertz CT molecular complexity index is 1870. The normalized spacial score (nSPS) is 12.0. The summed E-state index contributed by atoms with van der Waals surface area (Å²) in [6, 6.07) is 17.4. The van der Waals surface area contributed by atoms with Gasteiger partial charge in [0.2, 0.25) is 5.88 Å². The number of carboxylic acids is 1. The predicted molar refractivity (Wildman–Crippen MR) is 180 cm³/mol. The van der Waals surface area contributed by atoms with Crippen LogP contribution < -0.4 is 9.47 Å². The number of methoxy groups -OCH3 is 1. The van der Waals surface area contributed by atoms with Crippen molar-refractivity contribution in [2.24, 2.45) is 10.8 Å². The molecule has 10 heteroatoms. The summed E-state index contributed by atoms with van der Waals surface area (Å²) in [5, 5.41) is 22.2. The quantitative estimate of drug-likeness (QED) is 0.138. The third-order valence-electron chi connectivity index (χ3n) is 7.79. The van der Waals surface area contributed by atoms with Gasteiger partial charge in [-0.15, -0.1) is 21.5 Å². The van der Waals surface area contributed by atoms with Crippen LogP contribution in [0.15, 0.2) is 60.0 Å². The monoisotopic (exact) mass is 640 g/mol. The molecular formula is C36H40N4O5S. The number of hydrogen-bond donors (Lipinski definition) is 1. The molecule has 5 aromatic rings. The first-order valence-electron chi connectivity index (χ1n) is 15.2. The zero-order valence-corrected chi connectivity index (χ0v) is 28.2. The first-order valence-corrected chi connectivity index (χ1v) is 16.0. The van der Waals surface area contributed by atoms with Gasteiger partial charge in [0.25, 0.3) is 0 Å². The molecule has 0 amide bonds. The molecule has 0 saturated heterocycles. The van der Waals surface area contributed by atoms with Gasteiger partial charge in [0, 0.05) is 58.6 Å². The maximum atomic E-state index is 14.1. The van der Waals surface area contributed by atoms with Gasteiger partial charge in [0.15, 0.2) is 5.78 Å². The van der Waals surface area contributed by atoms with Crippen LogP contribution in [0.2, 0.25) is 0 Å². The van der Waals surface area contributed by atoms with Gasteiger partial charge in [-0.05, 0) is 56.0 Å². The van der Waals surface area contributed by atoms with Gasteiger partial charge in [-0.2, -0.15) is 0 Å². The van der Waals surface area contributed by atoms with Crippen LogP contribution in [0, 0.1) is 17.8 Å². The minimum Gasteiger partial charge on any atom is -0.487 e. The maximum absolute atomic E-state index is 14.1. The number of aromatic nitrogens is 4. The summed E-state index contributed by atoms with van der Waals surface area (Å²) in [5.41, 5.74) is 4.19. The zero-order chi connectivity index (χ0) is 33.2. The van der Waals surface area contributed by atoms with E-state index in [1.54, 1.807) is 38.4 Å². The Labute approximate surface area is 273 Å². The largest absolute Gasteiger partial charge is 0.487 e. The highest BCUT2D eigenvalue weighted by atomic mass is 32.1. The van der Waals surface area contributed by atoms with E-state index in [1.165, 1.54) is 0 Å². The van der Waals surface area contributed by atoms with E-state index in [1.807, 2.05) is 81.6 Å². The fourth-order valence-electron chi connectivity index (χ4n) is 5.39. The average Bonchev–Trinajstić information content (AvgIpc) is 3.55. The Morgan fingerprint density at radius 1 is 0.978 bits per heavy atom. The number of fused-ring (bicyclic) bond motifs is 1. The smallest absolute Gasteiger partial charge is 0.309 e. The summed E-state index contributed by atoms with van der Waals surface area (Å²) in [6.45, 7) is 12.2. The molecule has 3 heterocycles. The van der Waals surface area contributed by atoms with Crippen molar-refractivity contribution in [1.82, 2.24) is 19.7 Å². The van der Waals surface area contributed by atoms with Crippen LogP contribution in [0.1, 0.15) is 73.4 Å². The van der Waals surface area contributed by atoms with E-state index >= 15 is 0 Å². The van der Waals surface area contributed by atoms with E-state index in [4.69, 9.17) is 9.47 Å². The summed E-state index contributed by atoms with van der Waals surface area (Å²) in [5.74, 6) is 0.119. The number of aliphatic carboxylic acids is 1. The third-order valence-corrected chi connectivity index (χ3v) is 8.62. The van der Waals surface area contributed by atoms with E-state index < -0.39 is 11.4 Å². The number of carbonyl (C=O) groups excluding carboxylic acids is 1. The molecule has 0 unspecified atom stereocenters. The van der Waals surface area contributed by atoms with Crippen molar-refractivity contribution < 1.29 is 24.2 Å². The molecule has 2 aromatic carbocycles. The fourth-order valence-corrected chi connectivity index (χ4v) is 5.99. The summed E-state index contributed by atoms with van der Waals surface area (Å²) in [7, 11) is 1.55. The number of thiazole rings is 1. The van der Waals surface area contributed by atoms with Crippen molar-refractivity contribution in [2.45, 2.75) is 67.5 Å². The molecule has 5 rings (SSSR count). The first-order chi connectivity index (χ1) is 21.7. The molecule has 0 aliphatic carbocycles. The molecule has 9 nitrogen and oxygen atoms in total. The number of hydrogen-bond acceptors (Lipinski definition) is 8. The topological polar surface area (TPSA) is 116 Å². The van der Waals surface area contributed by atoms with Crippen LogP contribution in [-0.2, 0) is 24.4 Å². The number of carbonyl (C=O) groups is 2. The van der Waals surface area contributed by atoms with E-state index in [9.17, 15) is 14.7 Å². The number of carboxylic acid groups (broad SMARTS) is 1. The van der Waals surface area contributed by atoms with Gasteiger partial charge in [-0.3, -0.25) is 9.59 Å². The number of nitrogens with zero attached hydrogens (tertiary/aromatic N) is 4. The number of aryl methyl sites for hydroxylation is 1. The maximum Gasteiger partial charge on any atom is 0.309 e. The van der Waals surface area contributed by atoms with E-state index in [-0.39, 0.29) is 17.6 Å². The highest BCUT2D eigenvalue weighted by Gasteiger charge is 2.34. The molecular weight excluding hydrogens is 600 g/mol. The lowest BCUT2D eigenvalue weighted by molar-refractivity contribution is -0.146. The van der Waals surface area contributed by atoms with Crippen molar-refractivity contribution in [1.29, 1.82) is 0 Å². The molecule has 0 bridgehead atoms. The number of Topliss-reactive ketones (excluding diaryl/α,β-unsaturated/α-hetero) is 1.